The van der Waals surface area contributed by atoms with Crippen molar-refractivity contribution in [2.75, 3.05) is 48.6 Å². The summed E-state index contributed by atoms with van der Waals surface area (Å²) in [6.07, 6.45) is -5.52. The van der Waals surface area contributed by atoms with Crippen molar-refractivity contribution in [2.45, 2.75) is 59.0 Å². The maximum atomic E-state index is 17.3. The van der Waals surface area contributed by atoms with Crippen LogP contribution in [0.1, 0.15) is 48.6 Å². The van der Waals surface area contributed by atoms with E-state index in [0.717, 1.165) is 11.1 Å². The van der Waals surface area contributed by atoms with E-state index in [1.54, 1.807) is 59.3 Å². The molecule has 0 saturated heterocycles. The van der Waals surface area contributed by atoms with Gasteiger partial charge in [-0.1, -0.05) is 24.3 Å². The molecule has 2 aliphatic rings. The van der Waals surface area contributed by atoms with Gasteiger partial charge in [-0.05, 0) is 86.7 Å². The van der Waals surface area contributed by atoms with Crippen molar-refractivity contribution in [3.05, 3.63) is 98.7 Å². The van der Waals surface area contributed by atoms with Gasteiger partial charge in [0, 0.05) is 38.3 Å². The molecule has 55 heavy (non-hydrogen) atoms. The predicted octanol–water partition coefficient (Wildman–Crippen LogP) is 7.79. The lowest BCUT2D eigenvalue weighted by Gasteiger charge is -2.28. The minimum absolute atomic E-state index is 0.0395. The Morgan fingerprint density at radius 1 is 0.909 bits per heavy atom. The van der Waals surface area contributed by atoms with E-state index >= 15 is 17.6 Å². The Hall–Kier alpha value is -5.86. The molecule has 0 radical (unpaired) electrons. The number of halogens is 4. The van der Waals surface area contributed by atoms with Gasteiger partial charge in [0.05, 0.1) is 42.1 Å². The summed E-state index contributed by atoms with van der Waals surface area (Å²) in [6.45, 7) is 7.46. The van der Waals surface area contributed by atoms with E-state index in [0.29, 0.717) is 23.7 Å². The zero-order valence-electron chi connectivity index (χ0n) is 31.2. The number of hydrogen-bond acceptors (Lipinski definition) is 9. The number of aromatic nitrogens is 3. The molecular formula is C40H40F4N6O5. The van der Waals surface area contributed by atoms with Crippen LogP contribution in [0.4, 0.5) is 39.7 Å². The molecule has 0 spiro atoms. The average Bonchev–Trinajstić information content (AvgIpc) is 3.45. The molecule has 5 aromatic rings. The minimum atomic E-state index is -4.92. The number of methoxy groups -OCH3 is 2. The summed E-state index contributed by atoms with van der Waals surface area (Å²) in [5.41, 5.74) is -2.14. The van der Waals surface area contributed by atoms with E-state index in [2.05, 4.69) is 15.0 Å². The van der Waals surface area contributed by atoms with Gasteiger partial charge in [-0.2, -0.15) is 18.2 Å². The highest BCUT2D eigenvalue weighted by atomic mass is 19.4. The van der Waals surface area contributed by atoms with Crippen molar-refractivity contribution < 1.29 is 36.6 Å². The SMILES string of the molecule is COc1ccc(CN(Cc2ccc(OC)cc2)c2cc(C)c(C(F)(F)F)c(-c3c4c5c6c(nc(=O)[nH]c6c3F)N(C(=O)OC(C)(C)C)CCN5CC4)n2)cc1. The Labute approximate surface area is 314 Å². The molecule has 2 aliphatic heterocycles. The number of rotatable bonds is 8. The maximum Gasteiger partial charge on any atom is 0.418 e. The van der Waals surface area contributed by atoms with Crippen LogP contribution in [0.15, 0.2) is 59.4 Å². The summed E-state index contributed by atoms with van der Waals surface area (Å²) >= 11 is 0. The molecule has 0 saturated carbocycles. The van der Waals surface area contributed by atoms with Gasteiger partial charge >= 0.3 is 18.0 Å². The molecule has 288 valence electrons. The fourth-order valence-corrected chi connectivity index (χ4v) is 7.29. The quantitative estimate of drug-likeness (QED) is 0.159. The summed E-state index contributed by atoms with van der Waals surface area (Å²) in [6, 6.07) is 15.9. The van der Waals surface area contributed by atoms with Gasteiger partial charge in [0.2, 0.25) is 0 Å². The molecular weight excluding hydrogens is 720 g/mol. The van der Waals surface area contributed by atoms with Gasteiger partial charge in [-0.15, -0.1) is 0 Å². The minimum Gasteiger partial charge on any atom is -0.497 e. The molecule has 0 aliphatic carbocycles. The number of alkyl halides is 3. The topological polar surface area (TPSA) is 113 Å². The highest BCUT2D eigenvalue weighted by Gasteiger charge is 2.42. The van der Waals surface area contributed by atoms with Gasteiger partial charge in [0.25, 0.3) is 0 Å². The maximum absolute atomic E-state index is 17.3. The van der Waals surface area contributed by atoms with Crippen LogP contribution in [0.3, 0.4) is 0 Å². The van der Waals surface area contributed by atoms with Gasteiger partial charge in [-0.3, -0.25) is 4.90 Å². The molecule has 0 bridgehead atoms. The standard InChI is InChI=1S/C40H40F4N6O5/c1-22-19-28(49(20-23-7-11-25(53-5)12-8-23)21-24-9-13-26(54-6)14-10-24)45-33(31(22)40(42,43)44)29-27-15-16-48-17-18-50(38(52)55-39(2,3)4)36-30(35(27)48)34(32(29)41)46-37(51)47-36/h7-14,19H,15-18,20-21H2,1-6H3,(H,46,47,51). The van der Waals surface area contributed by atoms with Crippen LogP contribution in [-0.2, 0) is 30.4 Å². The third-order valence-electron chi connectivity index (χ3n) is 9.70. The number of aryl methyl sites for hydroxylation is 1. The number of benzene rings is 3. The summed E-state index contributed by atoms with van der Waals surface area (Å²) < 4.78 is 79.1. The van der Waals surface area contributed by atoms with Crippen molar-refractivity contribution in [1.29, 1.82) is 0 Å². The lowest BCUT2D eigenvalue weighted by molar-refractivity contribution is -0.137. The van der Waals surface area contributed by atoms with E-state index in [-0.39, 0.29) is 71.8 Å². The highest BCUT2D eigenvalue weighted by Crippen LogP contribution is 2.50. The van der Waals surface area contributed by atoms with Gasteiger partial charge in [-0.25, -0.2) is 19.0 Å². The molecule has 3 aromatic carbocycles. The zero-order chi connectivity index (χ0) is 39.4. The molecule has 1 N–H and O–H groups in total. The van der Waals surface area contributed by atoms with Gasteiger partial charge < -0.3 is 29.0 Å². The Kier molecular flexibility index (Phi) is 9.59. The molecule has 7 rings (SSSR count). The number of nitrogens with zero attached hydrogens (tertiary/aromatic N) is 5. The number of aromatic amines is 1. The summed E-state index contributed by atoms with van der Waals surface area (Å²) in [7, 11) is 3.11. The first kappa shape index (κ1) is 37.5. The number of H-pyrrole nitrogens is 1. The molecule has 0 fully saturated rings. The van der Waals surface area contributed by atoms with E-state index in [1.807, 2.05) is 34.1 Å². The van der Waals surface area contributed by atoms with Crippen molar-refractivity contribution in [3.8, 4) is 22.8 Å². The third-order valence-corrected chi connectivity index (χ3v) is 9.70. The van der Waals surface area contributed by atoms with Crippen LogP contribution >= 0.6 is 0 Å². The molecule has 4 heterocycles. The van der Waals surface area contributed by atoms with Gasteiger partial charge in [0.15, 0.2) is 11.6 Å². The Bertz CT molecular complexity index is 2290. The number of ether oxygens (including phenoxy) is 3. The van der Waals surface area contributed by atoms with E-state index < -0.39 is 40.6 Å². The van der Waals surface area contributed by atoms with Crippen LogP contribution in [0.5, 0.6) is 11.5 Å². The fraction of sp³-hybridized carbons (Fsp3) is 0.350. The number of anilines is 3. The molecule has 15 heteroatoms. The third kappa shape index (κ3) is 7.22. The van der Waals surface area contributed by atoms with Crippen molar-refractivity contribution in [1.82, 2.24) is 15.0 Å². The van der Waals surface area contributed by atoms with Crippen LogP contribution in [0.2, 0.25) is 0 Å². The first-order valence-corrected chi connectivity index (χ1v) is 17.7. The summed E-state index contributed by atoms with van der Waals surface area (Å²) in [5, 5.41) is 0.110. The Morgan fingerprint density at radius 2 is 1.51 bits per heavy atom. The first-order chi connectivity index (χ1) is 26.1. The first-order valence-electron chi connectivity index (χ1n) is 17.7. The largest absolute Gasteiger partial charge is 0.497 e. The van der Waals surface area contributed by atoms with Crippen LogP contribution in [0.25, 0.3) is 22.2 Å². The van der Waals surface area contributed by atoms with Crippen molar-refractivity contribution in [3.63, 3.8) is 0 Å². The summed E-state index contributed by atoms with van der Waals surface area (Å²) in [4.78, 5) is 42.5. The van der Waals surface area contributed by atoms with Gasteiger partial charge in [0.1, 0.15) is 22.9 Å². The molecule has 0 atom stereocenters. The molecule has 2 aromatic heterocycles. The predicted molar refractivity (Wildman–Crippen MR) is 201 cm³/mol. The number of hydrogen-bond donors (Lipinski definition) is 1. The monoisotopic (exact) mass is 760 g/mol. The smallest absolute Gasteiger partial charge is 0.418 e. The molecule has 0 unspecified atom stereocenters. The second-order valence-corrected chi connectivity index (χ2v) is 14.6. The highest BCUT2D eigenvalue weighted by molar-refractivity contribution is 6.10. The normalized spacial score (nSPS) is 13.9. The number of amides is 1. The molecule has 1 amide bonds. The Balaban J connectivity index is 1.46. The molecule has 11 nitrogen and oxygen atoms in total. The lowest BCUT2D eigenvalue weighted by atomic mass is 9.93. The Morgan fingerprint density at radius 3 is 2.05 bits per heavy atom. The van der Waals surface area contributed by atoms with E-state index in [1.165, 1.54) is 17.9 Å². The van der Waals surface area contributed by atoms with Crippen molar-refractivity contribution >= 4 is 34.3 Å². The zero-order valence-corrected chi connectivity index (χ0v) is 31.2. The average molecular weight is 761 g/mol. The summed E-state index contributed by atoms with van der Waals surface area (Å²) in [5.74, 6) is 0.229. The van der Waals surface area contributed by atoms with E-state index in [9.17, 15) is 9.59 Å². The second-order valence-electron chi connectivity index (χ2n) is 14.6. The lowest BCUT2D eigenvalue weighted by Crippen LogP contribution is -2.41. The van der Waals surface area contributed by atoms with Crippen molar-refractivity contribution in [2.24, 2.45) is 0 Å². The number of nitrogens with one attached hydrogen (secondary N) is 1. The van der Waals surface area contributed by atoms with Crippen LogP contribution < -0.4 is 29.9 Å². The number of carbonyl (C=O) groups is 1. The fourth-order valence-electron chi connectivity index (χ4n) is 7.29. The van der Waals surface area contributed by atoms with Crippen LogP contribution in [-0.4, -0.2) is 60.5 Å². The van der Waals surface area contributed by atoms with E-state index in [4.69, 9.17) is 14.2 Å². The second kappa shape index (κ2) is 14.1. The van der Waals surface area contributed by atoms with Crippen LogP contribution in [0, 0.1) is 12.7 Å². The number of pyridine rings is 1. The number of carbonyl (C=O) groups excluding carboxylic acids is 1.